The van der Waals surface area contributed by atoms with E-state index in [1.807, 2.05) is 47.4 Å². The van der Waals surface area contributed by atoms with Crippen molar-refractivity contribution in [2.45, 2.75) is 19.4 Å². The molecule has 0 aliphatic carbocycles. The minimum absolute atomic E-state index is 0.0167. The van der Waals surface area contributed by atoms with E-state index in [2.05, 4.69) is 29.4 Å². The van der Waals surface area contributed by atoms with Crippen LogP contribution >= 0.6 is 0 Å². The Morgan fingerprint density at radius 1 is 1.07 bits per heavy atom. The van der Waals surface area contributed by atoms with Gasteiger partial charge in [0.05, 0.1) is 19.1 Å². The summed E-state index contributed by atoms with van der Waals surface area (Å²) < 4.78 is 4.96. The highest BCUT2D eigenvalue weighted by Gasteiger charge is 2.30. The van der Waals surface area contributed by atoms with Gasteiger partial charge >= 0.3 is 12.0 Å². The molecule has 3 rings (SSSR count). The first-order valence-corrected chi connectivity index (χ1v) is 9.62. The average Bonchev–Trinajstić information content (AvgIpc) is 2.70. The Morgan fingerprint density at radius 2 is 1.79 bits per heavy atom. The molecular formula is C22H27N3O3. The van der Waals surface area contributed by atoms with Crippen LogP contribution in [-0.2, 0) is 16.0 Å². The molecule has 148 valence electrons. The van der Waals surface area contributed by atoms with Gasteiger partial charge in [0.2, 0.25) is 0 Å². The summed E-state index contributed by atoms with van der Waals surface area (Å²) in [6, 6.07) is 17.3. The zero-order valence-electron chi connectivity index (χ0n) is 16.4. The van der Waals surface area contributed by atoms with E-state index >= 15 is 0 Å². The number of piperazine rings is 1. The third-order valence-electron chi connectivity index (χ3n) is 4.89. The third kappa shape index (κ3) is 5.10. The quantitative estimate of drug-likeness (QED) is 0.807. The second-order valence-corrected chi connectivity index (χ2v) is 6.99. The van der Waals surface area contributed by atoms with Gasteiger partial charge in [-0.3, -0.25) is 4.79 Å². The highest BCUT2D eigenvalue weighted by atomic mass is 16.5. The Bertz CT molecular complexity index is 792. The summed E-state index contributed by atoms with van der Waals surface area (Å²) in [5.41, 5.74) is 2.70. The van der Waals surface area contributed by atoms with E-state index in [4.69, 9.17) is 4.74 Å². The molecule has 2 aromatic rings. The second-order valence-electron chi connectivity index (χ2n) is 6.99. The number of rotatable bonds is 5. The Labute approximate surface area is 166 Å². The lowest BCUT2D eigenvalue weighted by atomic mass is 10.0. The number of carbonyl (C=O) groups excluding carboxylic acids is 2. The monoisotopic (exact) mass is 381 g/mol. The molecule has 6 heteroatoms. The summed E-state index contributed by atoms with van der Waals surface area (Å²) in [6.07, 6.45) is 0.233. The summed E-state index contributed by atoms with van der Waals surface area (Å²) in [4.78, 5) is 28.6. The number of benzene rings is 2. The fraction of sp³-hybridized carbons (Fsp3) is 0.364. The number of hydrogen-bond acceptors (Lipinski definition) is 4. The minimum Gasteiger partial charge on any atom is -0.466 e. The van der Waals surface area contributed by atoms with E-state index in [0.717, 1.165) is 24.2 Å². The van der Waals surface area contributed by atoms with Crippen LogP contribution in [0.15, 0.2) is 54.6 Å². The van der Waals surface area contributed by atoms with Crippen LogP contribution in [0.25, 0.3) is 0 Å². The number of ether oxygens (including phenoxy) is 1. The van der Waals surface area contributed by atoms with Crippen molar-refractivity contribution in [3.05, 3.63) is 65.7 Å². The van der Waals surface area contributed by atoms with Gasteiger partial charge in [0.1, 0.15) is 0 Å². The minimum atomic E-state index is -0.248. The predicted molar refractivity (Wildman–Crippen MR) is 109 cm³/mol. The highest BCUT2D eigenvalue weighted by Crippen LogP contribution is 2.25. The van der Waals surface area contributed by atoms with Gasteiger partial charge in [-0.25, -0.2) is 4.79 Å². The number of nitrogens with zero attached hydrogens (tertiary/aromatic N) is 2. The molecule has 1 aliphatic heterocycles. The van der Waals surface area contributed by atoms with E-state index < -0.39 is 0 Å². The number of likely N-dealkylation sites (N-methyl/N-ethyl adjacent to an activating group) is 1. The summed E-state index contributed by atoms with van der Waals surface area (Å²) >= 11 is 0. The maximum atomic E-state index is 12.9. The lowest BCUT2D eigenvalue weighted by Crippen LogP contribution is -2.50. The summed E-state index contributed by atoms with van der Waals surface area (Å²) in [5, 5.41) is 2.98. The van der Waals surface area contributed by atoms with Crippen LogP contribution < -0.4 is 5.32 Å². The maximum Gasteiger partial charge on any atom is 0.322 e. The molecule has 0 saturated carbocycles. The van der Waals surface area contributed by atoms with Gasteiger partial charge in [-0.15, -0.1) is 0 Å². The molecule has 1 saturated heterocycles. The maximum absolute atomic E-state index is 12.9. The normalized spacial score (nSPS) is 17.2. The molecule has 28 heavy (non-hydrogen) atoms. The molecule has 2 aromatic carbocycles. The fourth-order valence-electron chi connectivity index (χ4n) is 3.40. The zero-order valence-corrected chi connectivity index (χ0v) is 16.4. The van der Waals surface area contributed by atoms with Crippen molar-refractivity contribution < 1.29 is 14.3 Å². The summed E-state index contributed by atoms with van der Waals surface area (Å²) in [5.74, 6) is -0.248. The van der Waals surface area contributed by atoms with Crippen molar-refractivity contribution in [2.75, 3.05) is 38.6 Å². The smallest absolute Gasteiger partial charge is 0.322 e. The van der Waals surface area contributed by atoms with E-state index in [0.29, 0.717) is 18.8 Å². The van der Waals surface area contributed by atoms with Crippen molar-refractivity contribution in [1.29, 1.82) is 0 Å². The van der Waals surface area contributed by atoms with E-state index in [-0.39, 0.29) is 24.5 Å². The zero-order chi connectivity index (χ0) is 19.9. The van der Waals surface area contributed by atoms with Crippen molar-refractivity contribution in [1.82, 2.24) is 9.80 Å². The van der Waals surface area contributed by atoms with Gasteiger partial charge in [0.25, 0.3) is 0 Å². The largest absolute Gasteiger partial charge is 0.466 e. The lowest BCUT2D eigenvalue weighted by molar-refractivity contribution is -0.142. The molecule has 2 amide bonds. The Balaban J connectivity index is 1.66. The average molecular weight is 381 g/mol. The number of carbonyl (C=O) groups is 2. The molecule has 0 bridgehead atoms. The van der Waals surface area contributed by atoms with Crippen molar-refractivity contribution in [2.24, 2.45) is 0 Å². The van der Waals surface area contributed by atoms with E-state index in [1.165, 1.54) is 0 Å². The van der Waals surface area contributed by atoms with E-state index in [9.17, 15) is 9.59 Å². The number of urea groups is 1. The van der Waals surface area contributed by atoms with Crippen LogP contribution in [0.1, 0.15) is 24.1 Å². The molecule has 0 radical (unpaired) electrons. The van der Waals surface area contributed by atoms with Gasteiger partial charge in [-0.1, -0.05) is 42.5 Å². The Hall–Kier alpha value is -2.86. The van der Waals surface area contributed by atoms with Crippen LogP contribution in [-0.4, -0.2) is 55.1 Å². The van der Waals surface area contributed by atoms with Gasteiger partial charge in [0.15, 0.2) is 0 Å². The Morgan fingerprint density at radius 3 is 2.46 bits per heavy atom. The molecule has 1 heterocycles. The van der Waals surface area contributed by atoms with Crippen LogP contribution in [0.3, 0.4) is 0 Å². The van der Waals surface area contributed by atoms with Gasteiger partial charge < -0.3 is 19.9 Å². The molecule has 1 N–H and O–H groups in total. The molecule has 1 aliphatic rings. The van der Waals surface area contributed by atoms with Gasteiger partial charge in [-0.2, -0.15) is 0 Å². The fourth-order valence-corrected chi connectivity index (χ4v) is 3.40. The number of amides is 2. The SMILES string of the molecule is CCOC(=O)Cc1ccc(NC(=O)N2CCN(C)C[C@@H]2c2ccccc2)cc1. The molecule has 0 spiro atoms. The predicted octanol–water partition coefficient (Wildman–Crippen LogP) is 3.31. The highest BCUT2D eigenvalue weighted by molar-refractivity contribution is 5.89. The first kappa shape index (κ1) is 19.9. The molecule has 6 nitrogen and oxygen atoms in total. The van der Waals surface area contributed by atoms with Crippen LogP contribution in [0, 0.1) is 0 Å². The third-order valence-corrected chi connectivity index (χ3v) is 4.89. The first-order valence-electron chi connectivity index (χ1n) is 9.62. The van der Waals surface area contributed by atoms with Crippen LogP contribution in [0.2, 0.25) is 0 Å². The molecule has 0 unspecified atom stereocenters. The van der Waals surface area contributed by atoms with Crippen LogP contribution in [0.4, 0.5) is 10.5 Å². The molecular weight excluding hydrogens is 354 g/mol. The molecule has 0 aromatic heterocycles. The van der Waals surface area contributed by atoms with Crippen molar-refractivity contribution >= 4 is 17.7 Å². The number of anilines is 1. The second kappa shape index (κ2) is 9.37. The molecule has 1 atom stereocenters. The molecule has 1 fully saturated rings. The standard InChI is InChI=1S/C22H27N3O3/c1-3-28-21(26)15-17-9-11-19(12-10-17)23-22(27)25-14-13-24(2)16-20(25)18-7-5-4-6-8-18/h4-12,20H,3,13-16H2,1-2H3,(H,23,27)/t20-/m1/s1. The van der Waals surface area contributed by atoms with Gasteiger partial charge in [-0.05, 0) is 37.2 Å². The lowest BCUT2D eigenvalue weighted by Gasteiger charge is -2.40. The topological polar surface area (TPSA) is 61.9 Å². The van der Waals surface area contributed by atoms with E-state index in [1.54, 1.807) is 6.92 Å². The number of hydrogen-bond donors (Lipinski definition) is 1. The van der Waals surface area contributed by atoms with Crippen LogP contribution in [0.5, 0.6) is 0 Å². The number of esters is 1. The van der Waals surface area contributed by atoms with Gasteiger partial charge in [0, 0.05) is 25.3 Å². The van der Waals surface area contributed by atoms with Crippen molar-refractivity contribution in [3.8, 4) is 0 Å². The first-order chi connectivity index (χ1) is 13.6. The summed E-state index contributed by atoms with van der Waals surface area (Å²) in [6.45, 7) is 4.48. The van der Waals surface area contributed by atoms with Crippen molar-refractivity contribution in [3.63, 3.8) is 0 Å². The Kier molecular flexibility index (Phi) is 6.66. The summed E-state index contributed by atoms with van der Waals surface area (Å²) in [7, 11) is 2.08. The number of nitrogens with one attached hydrogen (secondary N) is 1.